The highest BCUT2D eigenvalue weighted by atomic mass is 32.2. The molecule has 1 N–H and O–H groups in total. The first-order chi connectivity index (χ1) is 14.2. The number of nitrogens with one attached hydrogen (secondary N) is 1. The van der Waals surface area contributed by atoms with E-state index in [0.717, 1.165) is 35.4 Å². The quantitative estimate of drug-likeness (QED) is 0.426. The van der Waals surface area contributed by atoms with Crippen LogP contribution in [-0.2, 0) is 24.2 Å². The summed E-state index contributed by atoms with van der Waals surface area (Å²) in [5.74, 6) is 2.11. The zero-order valence-electron chi connectivity index (χ0n) is 17.4. The number of carbonyl (C=O) groups is 1. The lowest BCUT2D eigenvalue weighted by Crippen LogP contribution is -2.15. The Balaban J connectivity index is 1.54. The van der Waals surface area contributed by atoms with Crippen molar-refractivity contribution in [3.8, 4) is 0 Å². The smallest absolute Gasteiger partial charge is 0.234 e. The van der Waals surface area contributed by atoms with E-state index in [1.165, 1.54) is 55.9 Å². The van der Waals surface area contributed by atoms with Crippen LogP contribution in [-0.4, -0.2) is 26.4 Å². The summed E-state index contributed by atoms with van der Waals surface area (Å²) in [6.07, 6.45) is 11.8. The minimum atomic E-state index is -0.0313. The van der Waals surface area contributed by atoms with Gasteiger partial charge in [0.2, 0.25) is 5.91 Å². The summed E-state index contributed by atoms with van der Waals surface area (Å²) in [6.45, 7) is 6.66. The van der Waals surface area contributed by atoms with Crippen LogP contribution in [0.15, 0.2) is 42.1 Å². The van der Waals surface area contributed by atoms with E-state index in [4.69, 9.17) is 0 Å². The Bertz CT molecular complexity index is 794. The minimum absolute atomic E-state index is 0.0313. The Hall–Kier alpha value is -2.08. The van der Waals surface area contributed by atoms with Crippen molar-refractivity contribution in [1.82, 2.24) is 14.8 Å². The normalized spacial score (nSPS) is 14.7. The van der Waals surface area contributed by atoms with E-state index >= 15 is 0 Å². The summed E-state index contributed by atoms with van der Waals surface area (Å²) in [5.41, 5.74) is 2.09. The summed E-state index contributed by atoms with van der Waals surface area (Å²) < 4.78 is 2.10. The number of hydrogen-bond acceptors (Lipinski definition) is 4. The van der Waals surface area contributed by atoms with Crippen LogP contribution in [0.5, 0.6) is 0 Å². The zero-order chi connectivity index (χ0) is 20.5. The van der Waals surface area contributed by atoms with E-state index in [0.29, 0.717) is 12.3 Å². The summed E-state index contributed by atoms with van der Waals surface area (Å²) in [6, 6.07) is 7.99. The fourth-order valence-electron chi connectivity index (χ4n) is 3.88. The topological polar surface area (TPSA) is 59.8 Å². The molecule has 1 fully saturated rings. The Kier molecular flexibility index (Phi) is 8.35. The van der Waals surface area contributed by atoms with Gasteiger partial charge >= 0.3 is 0 Å². The van der Waals surface area contributed by atoms with Gasteiger partial charge in [-0.3, -0.25) is 4.79 Å². The minimum Gasteiger partial charge on any atom is -0.325 e. The lowest BCUT2D eigenvalue weighted by atomic mass is 9.86. The molecule has 2 aromatic rings. The van der Waals surface area contributed by atoms with Crippen molar-refractivity contribution < 1.29 is 4.79 Å². The largest absolute Gasteiger partial charge is 0.325 e. The maximum atomic E-state index is 12.3. The molecule has 0 unspecified atom stereocenters. The average Bonchev–Trinajstić information content (AvgIpc) is 3.14. The first-order valence-electron chi connectivity index (χ1n) is 10.7. The zero-order valence-corrected chi connectivity index (χ0v) is 18.2. The highest BCUT2D eigenvalue weighted by molar-refractivity contribution is 7.99. The van der Waals surface area contributed by atoms with E-state index in [1.807, 2.05) is 30.3 Å². The van der Waals surface area contributed by atoms with E-state index in [-0.39, 0.29) is 5.91 Å². The molecule has 1 aliphatic carbocycles. The van der Waals surface area contributed by atoms with Crippen LogP contribution in [0.4, 0.5) is 5.69 Å². The number of allylic oxidation sites excluding steroid dienone is 1. The number of rotatable bonds is 10. The fraction of sp³-hybridized carbons (Fsp3) is 0.522. The van der Waals surface area contributed by atoms with E-state index < -0.39 is 0 Å². The predicted molar refractivity (Wildman–Crippen MR) is 120 cm³/mol. The van der Waals surface area contributed by atoms with Gasteiger partial charge in [0.1, 0.15) is 5.82 Å². The van der Waals surface area contributed by atoms with Crippen LogP contribution in [0, 0.1) is 5.92 Å². The van der Waals surface area contributed by atoms with Crippen LogP contribution >= 0.6 is 11.8 Å². The number of aryl methyl sites for hydroxylation is 2. The predicted octanol–water partition coefficient (Wildman–Crippen LogP) is 5.27. The third kappa shape index (κ3) is 6.46. The summed E-state index contributed by atoms with van der Waals surface area (Å²) in [7, 11) is 0. The van der Waals surface area contributed by atoms with Crippen LogP contribution in [0.2, 0.25) is 0 Å². The second kappa shape index (κ2) is 11.2. The van der Waals surface area contributed by atoms with Crippen molar-refractivity contribution in [3.63, 3.8) is 0 Å². The van der Waals surface area contributed by atoms with Crippen molar-refractivity contribution in [2.45, 2.75) is 70.0 Å². The molecule has 1 aromatic heterocycles. The van der Waals surface area contributed by atoms with Gasteiger partial charge in [-0.1, -0.05) is 69.0 Å². The Morgan fingerprint density at radius 2 is 2.00 bits per heavy atom. The van der Waals surface area contributed by atoms with Crippen LogP contribution in [0.1, 0.15) is 56.8 Å². The van der Waals surface area contributed by atoms with Crippen molar-refractivity contribution in [3.05, 3.63) is 48.3 Å². The van der Waals surface area contributed by atoms with Crippen LogP contribution in [0.3, 0.4) is 0 Å². The van der Waals surface area contributed by atoms with E-state index in [9.17, 15) is 4.79 Å². The van der Waals surface area contributed by atoms with Gasteiger partial charge in [-0.2, -0.15) is 0 Å². The molecule has 1 saturated carbocycles. The molecule has 0 aliphatic heterocycles. The molecule has 0 saturated heterocycles. The molecule has 0 atom stereocenters. The summed E-state index contributed by atoms with van der Waals surface area (Å²) >= 11 is 1.43. The van der Waals surface area contributed by atoms with Crippen molar-refractivity contribution in [1.29, 1.82) is 0 Å². The molecule has 0 bridgehead atoms. The number of anilines is 1. The number of aromatic nitrogens is 3. The molecular weight excluding hydrogens is 380 g/mol. The maximum Gasteiger partial charge on any atom is 0.234 e. The molecule has 1 aromatic carbocycles. The standard InChI is InChI=1S/C23H32N4OS/c1-3-16-27-21(15-12-19-8-6-5-7-9-19)25-26-23(27)29-17-22(28)24-20-13-10-18(4-2)11-14-20/h3,10-11,13-14,19H,1,4-9,12,15-17H2,2H3,(H,24,28). The molecule has 6 heteroatoms. The van der Waals surface area contributed by atoms with Gasteiger partial charge in [0, 0.05) is 18.7 Å². The molecule has 1 heterocycles. The molecule has 5 nitrogen and oxygen atoms in total. The fourth-order valence-corrected chi connectivity index (χ4v) is 4.65. The maximum absolute atomic E-state index is 12.3. The van der Waals surface area contributed by atoms with Crippen LogP contribution in [0.25, 0.3) is 0 Å². The Labute approximate surface area is 178 Å². The monoisotopic (exact) mass is 412 g/mol. The molecule has 3 rings (SSSR count). The molecule has 1 amide bonds. The van der Waals surface area contributed by atoms with Gasteiger partial charge in [0.15, 0.2) is 5.16 Å². The number of carbonyl (C=O) groups excluding carboxylic acids is 1. The highest BCUT2D eigenvalue weighted by Gasteiger charge is 2.17. The van der Waals surface area contributed by atoms with Gasteiger partial charge in [-0.15, -0.1) is 16.8 Å². The molecule has 156 valence electrons. The number of nitrogens with zero attached hydrogens (tertiary/aromatic N) is 3. The average molecular weight is 413 g/mol. The summed E-state index contributed by atoms with van der Waals surface area (Å²) in [5, 5.41) is 12.5. The summed E-state index contributed by atoms with van der Waals surface area (Å²) in [4.78, 5) is 12.3. The third-order valence-corrected chi connectivity index (χ3v) is 6.55. The van der Waals surface area contributed by atoms with E-state index in [2.05, 4.69) is 33.6 Å². The lowest BCUT2D eigenvalue weighted by Gasteiger charge is -2.21. The number of amides is 1. The van der Waals surface area contributed by atoms with Crippen molar-refractivity contribution in [2.24, 2.45) is 5.92 Å². The van der Waals surface area contributed by atoms with Gasteiger partial charge in [-0.05, 0) is 36.5 Å². The van der Waals surface area contributed by atoms with Gasteiger partial charge in [0.25, 0.3) is 0 Å². The van der Waals surface area contributed by atoms with Gasteiger partial charge in [-0.25, -0.2) is 0 Å². The second-order valence-electron chi connectivity index (χ2n) is 7.73. The highest BCUT2D eigenvalue weighted by Crippen LogP contribution is 2.28. The second-order valence-corrected chi connectivity index (χ2v) is 8.67. The van der Waals surface area contributed by atoms with Crippen molar-refractivity contribution in [2.75, 3.05) is 11.1 Å². The van der Waals surface area contributed by atoms with Gasteiger partial charge in [0.05, 0.1) is 5.75 Å². The Morgan fingerprint density at radius 1 is 1.24 bits per heavy atom. The SMILES string of the molecule is C=CCn1c(CCC2CCCCC2)nnc1SCC(=O)Nc1ccc(CC)cc1. The van der Waals surface area contributed by atoms with Crippen LogP contribution < -0.4 is 5.32 Å². The molecule has 0 radical (unpaired) electrons. The molecular formula is C23H32N4OS. The lowest BCUT2D eigenvalue weighted by molar-refractivity contribution is -0.113. The molecule has 1 aliphatic rings. The first-order valence-corrected chi connectivity index (χ1v) is 11.7. The number of hydrogen-bond donors (Lipinski definition) is 1. The molecule has 29 heavy (non-hydrogen) atoms. The first kappa shape index (κ1) is 21.6. The number of benzene rings is 1. The Morgan fingerprint density at radius 3 is 2.69 bits per heavy atom. The van der Waals surface area contributed by atoms with Crippen molar-refractivity contribution >= 4 is 23.4 Å². The van der Waals surface area contributed by atoms with E-state index in [1.54, 1.807) is 0 Å². The molecule has 0 spiro atoms. The number of thioether (sulfide) groups is 1. The third-order valence-electron chi connectivity index (χ3n) is 5.58. The van der Waals surface area contributed by atoms with Gasteiger partial charge < -0.3 is 9.88 Å².